The summed E-state index contributed by atoms with van der Waals surface area (Å²) >= 11 is 5.25. The summed E-state index contributed by atoms with van der Waals surface area (Å²) in [6.07, 6.45) is -2.63. The van der Waals surface area contributed by atoms with E-state index in [4.69, 9.17) is 31.0 Å². The molecule has 26 heavy (non-hydrogen) atoms. The third-order valence-electron chi connectivity index (χ3n) is 4.00. The normalized spacial score (nSPS) is 29.3. The molecule has 0 amide bonds. The summed E-state index contributed by atoms with van der Waals surface area (Å²) in [5.74, 6) is 0.0766. The Labute approximate surface area is 153 Å². The monoisotopic (exact) mass is 408 g/mol. The van der Waals surface area contributed by atoms with E-state index >= 15 is 4.39 Å². The number of nitrogens with two attached hydrogens (primary N) is 1. The van der Waals surface area contributed by atoms with Crippen LogP contribution in [0.4, 0.5) is 10.3 Å². The Morgan fingerprint density at radius 3 is 2.96 bits per heavy atom. The highest BCUT2D eigenvalue weighted by Crippen LogP contribution is 2.43. The van der Waals surface area contributed by atoms with Crippen molar-refractivity contribution >= 4 is 35.7 Å². The maximum Gasteiger partial charge on any atom is 0.633 e. The predicted molar refractivity (Wildman–Crippen MR) is 89.7 cm³/mol. The van der Waals surface area contributed by atoms with Crippen LogP contribution in [0.5, 0.6) is 5.88 Å². The van der Waals surface area contributed by atoms with Crippen LogP contribution in [-0.2, 0) is 13.8 Å². The molecular weight excluding hydrogens is 392 g/mol. The third-order valence-corrected chi connectivity index (χ3v) is 4.64. The molecule has 1 fully saturated rings. The Hall–Kier alpha value is -1.65. The number of aliphatic hydroxyl groups excluding tert-OH is 1. The summed E-state index contributed by atoms with van der Waals surface area (Å²) in [6, 6.07) is 0. The summed E-state index contributed by atoms with van der Waals surface area (Å²) in [6.45, 7) is 2.92. The van der Waals surface area contributed by atoms with Crippen LogP contribution < -0.4 is 10.5 Å². The van der Waals surface area contributed by atoms with Crippen molar-refractivity contribution in [3.8, 4) is 5.88 Å². The molecule has 2 aromatic heterocycles. The fourth-order valence-electron chi connectivity index (χ4n) is 2.80. The number of nitrogen functional groups attached to an aromatic ring is 1. The van der Waals surface area contributed by atoms with Crippen molar-refractivity contribution in [1.29, 1.82) is 0 Å². The number of nitrogens with zero attached hydrogens (tertiary/aromatic N) is 4. The number of halogens is 2. The number of aromatic nitrogens is 4. The summed E-state index contributed by atoms with van der Waals surface area (Å²) in [5.41, 5.74) is 3.94. The molecule has 142 valence electrons. The van der Waals surface area contributed by atoms with Gasteiger partial charge >= 0.3 is 7.38 Å². The van der Waals surface area contributed by atoms with Gasteiger partial charge in [0.05, 0.1) is 12.9 Å². The Morgan fingerprint density at radius 2 is 2.31 bits per heavy atom. The van der Waals surface area contributed by atoms with E-state index in [0.717, 1.165) is 0 Å². The van der Waals surface area contributed by atoms with Crippen molar-refractivity contribution in [2.75, 3.05) is 18.9 Å². The molecule has 0 bridgehead atoms. The summed E-state index contributed by atoms with van der Waals surface area (Å²) in [7, 11) is -2.43. The van der Waals surface area contributed by atoms with E-state index in [1.807, 2.05) is 0 Å². The molecule has 2 aromatic rings. The number of rotatable bonds is 6. The van der Waals surface area contributed by atoms with Crippen LogP contribution in [0.25, 0.3) is 11.2 Å². The van der Waals surface area contributed by atoms with Crippen LogP contribution in [0, 0.1) is 0 Å². The second kappa shape index (κ2) is 7.16. The third kappa shape index (κ3) is 3.33. The lowest BCUT2D eigenvalue weighted by atomic mass is 9.98. The summed E-state index contributed by atoms with van der Waals surface area (Å²) in [4.78, 5) is 12.2. The van der Waals surface area contributed by atoms with Gasteiger partial charge in [-0.3, -0.25) is 4.57 Å². The number of imidazole rings is 1. The van der Waals surface area contributed by atoms with Crippen LogP contribution in [0.2, 0.25) is 0 Å². The van der Waals surface area contributed by atoms with Gasteiger partial charge in [0.15, 0.2) is 23.1 Å². The van der Waals surface area contributed by atoms with Gasteiger partial charge < -0.3 is 20.3 Å². The molecule has 1 aliphatic rings. The Balaban J connectivity index is 1.99. The van der Waals surface area contributed by atoms with Gasteiger partial charge in [0, 0.05) is 0 Å². The molecule has 0 aliphatic carbocycles. The van der Waals surface area contributed by atoms with Gasteiger partial charge in [-0.25, -0.2) is 9.37 Å². The van der Waals surface area contributed by atoms with E-state index in [-0.39, 0.29) is 29.6 Å². The first-order valence-corrected chi connectivity index (χ1v) is 9.75. The SMILES string of the molecule is CCOc1nc(N)nc2c1ncn2[C@@H]1O[C@H](CO[P+](=O)Cl)[C@@H](O)[C@@]1(C)F. The van der Waals surface area contributed by atoms with Crippen molar-refractivity contribution in [1.82, 2.24) is 19.5 Å². The minimum atomic E-state index is -2.43. The topological polar surface area (TPSA) is 135 Å². The highest BCUT2D eigenvalue weighted by atomic mass is 35.7. The fraction of sp³-hybridized carbons (Fsp3) is 0.615. The first kappa shape index (κ1) is 19.1. The first-order valence-electron chi connectivity index (χ1n) is 7.67. The lowest BCUT2D eigenvalue weighted by molar-refractivity contribution is -0.0531. The maximum absolute atomic E-state index is 15.2. The molecular formula is C13H17ClFN5O5P+. The van der Waals surface area contributed by atoms with Crippen molar-refractivity contribution in [2.24, 2.45) is 0 Å². The number of ether oxygens (including phenoxy) is 2. The van der Waals surface area contributed by atoms with Gasteiger partial charge in [-0.15, -0.1) is 4.52 Å². The molecule has 5 atom stereocenters. The lowest BCUT2D eigenvalue weighted by Gasteiger charge is -2.24. The fourth-order valence-corrected chi connectivity index (χ4v) is 3.23. The molecule has 1 aliphatic heterocycles. The highest BCUT2D eigenvalue weighted by Gasteiger charge is 2.56. The van der Waals surface area contributed by atoms with Crippen molar-refractivity contribution in [3.63, 3.8) is 0 Å². The van der Waals surface area contributed by atoms with E-state index in [9.17, 15) is 9.67 Å². The van der Waals surface area contributed by atoms with Crippen LogP contribution in [0.3, 0.4) is 0 Å². The van der Waals surface area contributed by atoms with Crippen LogP contribution in [-0.4, -0.2) is 55.7 Å². The van der Waals surface area contributed by atoms with Crippen molar-refractivity contribution < 1.29 is 28.1 Å². The molecule has 3 N–H and O–H groups in total. The maximum atomic E-state index is 15.2. The first-order chi connectivity index (χ1) is 12.3. The number of anilines is 1. The Bertz CT molecular complexity index is 837. The van der Waals surface area contributed by atoms with Gasteiger partial charge in [-0.1, -0.05) is 0 Å². The number of fused-ring (bicyclic) bond motifs is 1. The van der Waals surface area contributed by atoms with Gasteiger partial charge in [0.2, 0.25) is 23.1 Å². The standard InChI is InChI=1S/C13H17ClFN5O5P/c1-3-23-10-7-9(18-12(16)19-10)20(5-17-7)11-13(2,15)8(21)6(25-11)4-24-26(14)22/h5-6,8,11,21H,3-4H2,1-2H3,(H2,16,18,19)/q+1/t6-,8-,11-,13-/m1/s1. The van der Waals surface area contributed by atoms with Gasteiger partial charge in [0.25, 0.3) is 0 Å². The van der Waals surface area contributed by atoms with E-state index in [1.165, 1.54) is 17.8 Å². The summed E-state index contributed by atoms with van der Waals surface area (Å²) < 4.78 is 43.1. The molecule has 3 heterocycles. The second-order valence-electron chi connectivity index (χ2n) is 5.78. The van der Waals surface area contributed by atoms with E-state index in [0.29, 0.717) is 6.61 Å². The molecule has 10 nitrogen and oxygen atoms in total. The molecule has 1 unspecified atom stereocenters. The molecule has 3 rings (SSSR count). The quantitative estimate of drug-likeness (QED) is 0.684. The average molecular weight is 409 g/mol. The highest BCUT2D eigenvalue weighted by molar-refractivity contribution is 7.69. The Morgan fingerprint density at radius 1 is 1.58 bits per heavy atom. The molecule has 0 aromatic carbocycles. The summed E-state index contributed by atoms with van der Waals surface area (Å²) in [5, 5.41) is 10.2. The van der Waals surface area contributed by atoms with E-state index in [1.54, 1.807) is 6.92 Å². The molecule has 0 saturated carbocycles. The number of hydrogen-bond acceptors (Lipinski definition) is 9. The molecule has 1 saturated heterocycles. The lowest BCUT2D eigenvalue weighted by Crippen LogP contribution is -2.40. The molecule has 0 radical (unpaired) electrons. The minimum Gasteiger partial charge on any atom is -0.476 e. The zero-order valence-corrected chi connectivity index (χ0v) is 15.5. The van der Waals surface area contributed by atoms with E-state index in [2.05, 4.69) is 15.0 Å². The minimum absolute atomic E-state index is 0.0826. The average Bonchev–Trinajstić information content (AvgIpc) is 3.06. The Kier molecular flexibility index (Phi) is 5.27. The van der Waals surface area contributed by atoms with Crippen LogP contribution in [0.1, 0.15) is 20.1 Å². The number of aliphatic hydroxyl groups is 1. The molecule has 0 spiro atoms. The van der Waals surface area contributed by atoms with Gasteiger partial charge in [-0.05, 0) is 18.4 Å². The largest absolute Gasteiger partial charge is 0.633 e. The van der Waals surface area contributed by atoms with Crippen LogP contribution >= 0.6 is 18.6 Å². The van der Waals surface area contributed by atoms with Crippen molar-refractivity contribution in [2.45, 2.75) is 38.0 Å². The second-order valence-corrected chi connectivity index (χ2v) is 7.29. The van der Waals surface area contributed by atoms with Gasteiger partial charge in [-0.2, -0.15) is 9.97 Å². The number of alkyl halides is 1. The number of hydrogen-bond donors (Lipinski definition) is 2. The van der Waals surface area contributed by atoms with Crippen LogP contribution in [0.15, 0.2) is 6.33 Å². The van der Waals surface area contributed by atoms with Crippen molar-refractivity contribution in [3.05, 3.63) is 6.33 Å². The molecule has 13 heteroatoms. The van der Waals surface area contributed by atoms with E-state index < -0.39 is 31.5 Å². The zero-order valence-electron chi connectivity index (χ0n) is 13.9. The smallest absolute Gasteiger partial charge is 0.476 e. The zero-order chi connectivity index (χ0) is 19.1. The van der Waals surface area contributed by atoms with Gasteiger partial charge in [0.1, 0.15) is 18.8 Å². The predicted octanol–water partition coefficient (Wildman–Crippen LogP) is 1.71.